The van der Waals surface area contributed by atoms with E-state index in [-0.39, 0.29) is 28.7 Å². The van der Waals surface area contributed by atoms with Gasteiger partial charge in [-0.05, 0) is 55.0 Å². The highest BCUT2D eigenvalue weighted by atomic mass is 32.2. The minimum Gasteiger partial charge on any atom is -0.324 e. The molecule has 0 radical (unpaired) electrons. The van der Waals surface area contributed by atoms with Crippen molar-refractivity contribution >= 4 is 21.6 Å². The molecule has 1 amide bonds. The van der Waals surface area contributed by atoms with Gasteiger partial charge in [-0.1, -0.05) is 6.07 Å². The first-order valence-electron chi connectivity index (χ1n) is 8.79. The van der Waals surface area contributed by atoms with Gasteiger partial charge in [-0.2, -0.15) is 4.31 Å². The van der Waals surface area contributed by atoms with Gasteiger partial charge in [0.25, 0.3) is 0 Å². The quantitative estimate of drug-likeness (QED) is 0.872. The molecule has 6 nitrogen and oxygen atoms in total. The fraction of sp³-hybridized carbons (Fsp3) is 0.368. The molecule has 4 rings (SSSR count). The van der Waals surface area contributed by atoms with Gasteiger partial charge in [0, 0.05) is 25.2 Å². The number of anilines is 1. The summed E-state index contributed by atoms with van der Waals surface area (Å²) in [5.41, 5.74) is 0.714. The Balaban J connectivity index is 1.46. The van der Waals surface area contributed by atoms with Gasteiger partial charge >= 0.3 is 0 Å². The number of sulfonamides is 1. The number of halogens is 1. The maximum Gasteiger partial charge on any atom is 0.243 e. The van der Waals surface area contributed by atoms with E-state index in [9.17, 15) is 17.6 Å². The zero-order valence-corrected chi connectivity index (χ0v) is 15.7. The van der Waals surface area contributed by atoms with Crippen LogP contribution < -0.4 is 5.32 Å². The molecule has 2 aliphatic rings. The number of aryl methyl sites for hydroxylation is 1. The molecule has 0 bridgehead atoms. The third-order valence-electron chi connectivity index (χ3n) is 5.57. The van der Waals surface area contributed by atoms with E-state index >= 15 is 0 Å². The molecule has 2 fully saturated rings. The third-order valence-corrected chi connectivity index (χ3v) is 7.41. The summed E-state index contributed by atoms with van der Waals surface area (Å²) in [5.74, 6) is -0.860. The summed E-state index contributed by atoms with van der Waals surface area (Å²) in [4.78, 5) is 16.4. The van der Waals surface area contributed by atoms with Crippen molar-refractivity contribution in [1.29, 1.82) is 0 Å². The van der Waals surface area contributed by atoms with Gasteiger partial charge in [0.1, 0.15) is 5.82 Å². The van der Waals surface area contributed by atoms with Gasteiger partial charge in [0.2, 0.25) is 15.9 Å². The molecule has 1 saturated carbocycles. The molecule has 1 aromatic carbocycles. The van der Waals surface area contributed by atoms with Crippen molar-refractivity contribution in [3.8, 4) is 0 Å². The second-order valence-corrected chi connectivity index (χ2v) is 9.29. The van der Waals surface area contributed by atoms with Crippen LogP contribution in [0.15, 0.2) is 47.6 Å². The van der Waals surface area contributed by atoms with Crippen LogP contribution >= 0.6 is 0 Å². The summed E-state index contributed by atoms with van der Waals surface area (Å²) < 4.78 is 40.8. The Morgan fingerprint density at radius 2 is 2.19 bits per heavy atom. The van der Waals surface area contributed by atoms with Crippen LogP contribution in [0.2, 0.25) is 0 Å². The lowest BCUT2D eigenvalue weighted by molar-refractivity contribution is -0.118. The Labute approximate surface area is 157 Å². The van der Waals surface area contributed by atoms with E-state index in [1.165, 1.54) is 16.4 Å². The van der Waals surface area contributed by atoms with E-state index in [1.807, 2.05) is 0 Å². The lowest BCUT2D eigenvalue weighted by Gasteiger charge is -2.17. The van der Waals surface area contributed by atoms with Crippen LogP contribution in [0.3, 0.4) is 0 Å². The van der Waals surface area contributed by atoms with E-state index in [1.54, 1.807) is 31.5 Å². The molecule has 2 heterocycles. The third kappa shape index (κ3) is 3.23. The Bertz CT molecular complexity index is 997. The fourth-order valence-corrected chi connectivity index (χ4v) is 5.33. The molecule has 1 saturated heterocycles. The number of pyridine rings is 1. The van der Waals surface area contributed by atoms with Gasteiger partial charge in [-0.25, -0.2) is 12.8 Å². The van der Waals surface area contributed by atoms with Crippen LogP contribution in [-0.4, -0.2) is 36.7 Å². The van der Waals surface area contributed by atoms with Crippen molar-refractivity contribution in [3.63, 3.8) is 0 Å². The zero-order valence-electron chi connectivity index (χ0n) is 14.9. The number of nitrogens with zero attached hydrogens (tertiary/aromatic N) is 2. The number of benzene rings is 1. The molecule has 1 aliphatic carbocycles. The van der Waals surface area contributed by atoms with E-state index in [0.29, 0.717) is 30.6 Å². The molecule has 142 valence electrons. The van der Waals surface area contributed by atoms with Crippen LogP contribution in [0, 0.1) is 24.1 Å². The lowest BCUT2D eigenvalue weighted by atomic mass is 10.0. The Kier molecular flexibility index (Phi) is 4.27. The lowest BCUT2D eigenvalue weighted by Crippen LogP contribution is -2.30. The maximum atomic E-state index is 13.8. The molecule has 8 heteroatoms. The number of amides is 1. The Hall–Kier alpha value is -2.32. The highest BCUT2D eigenvalue weighted by molar-refractivity contribution is 7.89. The Morgan fingerprint density at radius 3 is 2.89 bits per heavy atom. The number of nitrogens with one attached hydrogen (secondary N) is 1. The molecular weight excluding hydrogens is 369 g/mol. The number of hydrogen-bond donors (Lipinski definition) is 1. The molecule has 2 aromatic rings. The van der Waals surface area contributed by atoms with Crippen molar-refractivity contribution in [3.05, 3.63) is 54.1 Å². The number of carbonyl (C=O) groups excluding carboxylic acids is 1. The van der Waals surface area contributed by atoms with Gasteiger partial charge in [0.15, 0.2) is 0 Å². The molecule has 1 aliphatic heterocycles. The van der Waals surface area contributed by atoms with Crippen LogP contribution in [0.5, 0.6) is 0 Å². The summed E-state index contributed by atoms with van der Waals surface area (Å²) >= 11 is 0. The predicted molar refractivity (Wildman–Crippen MR) is 97.9 cm³/mol. The van der Waals surface area contributed by atoms with E-state index < -0.39 is 15.8 Å². The SMILES string of the molecule is Cc1ccc(S(=O)(=O)N2CC[C@@]3(C[C@@H]3C(=O)Nc3cccnc3)C2)cc1F. The molecule has 2 atom stereocenters. The minimum atomic E-state index is -3.77. The van der Waals surface area contributed by atoms with Crippen molar-refractivity contribution in [2.45, 2.75) is 24.7 Å². The first-order valence-corrected chi connectivity index (χ1v) is 10.2. The van der Waals surface area contributed by atoms with Crippen molar-refractivity contribution in [2.24, 2.45) is 11.3 Å². The van der Waals surface area contributed by atoms with Gasteiger partial charge in [-0.15, -0.1) is 0 Å². The van der Waals surface area contributed by atoms with Gasteiger partial charge in [0.05, 0.1) is 16.8 Å². The highest BCUT2D eigenvalue weighted by Gasteiger charge is 2.62. The van der Waals surface area contributed by atoms with Crippen LogP contribution in [-0.2, 0) is 14.8 Å². The number of aromatic nitrogens is 1. The summed E-state index contributed by atoms with van der Waals surface area (Å²) in [6.45, 7) is 2.22. The first kappa shape index (κ1) is 18.1. The second kappa shape index (κ2) is 6.38. The van der Waals surface area contributed by atoms with Gasteiger partial charge in [-0.3, -0.25) is 9.78 Å². The first-order chi connectivity index (χ1) is 12.8. The van der Waals surface area contributed by atoms with Crippen molar-refractivity contribution in [2.75, 3.05) is 18.4 Å². The fourth-order valence-electron chi connectivity index (χ4n) is 3.78. The monoisotopic (exact) mass is 389 g/mol. The van der Waals surface area contributed by atoms with E-state index in [4.69, 9.17) is 0 Å². The van der Waals surface area contributed by atoms with E-state index in [2.05, 4.69) is 10.3 Å². The largest absolute Gasteiger partial charge is 0.324 e. The second-order valence-electron chi connectivity index (χ2n) is 7.35. The summed E-state index contributed by atoms with van der Waals surface area (Å²) in [6, 6.07) is 7.46. The smallest absolute Gasteiger partial charge is 0.243 e. The van der Waals surface area contributed by atoms with Crippen LogP contribution in [0.4, 0.5) is 10.1 Å². The number of rotatable bonds is 4. The van der Waals surface area contributed by atoms with Gasteiger partial charge < -0.3 is 5.32 Å². The normalized spacial score (nSPS) is 24.9. The predicted octanol–water partition coefficient (Wildman–Crippen LogP) is 2.57. The van der Waals surface area contributed by atoms with E-state index in [0.717, 1.165) is 6.07 Å². The molecule has 1 aromatic heterocycles. The molecule has 0 unspecified atom stereocenters. The zero-order chi connectivity index (χ0) is 19.2. The standard InChI is InChI=1S/C19H20FN3O3S/c1-13-4-5-15(9-17(13)20)27(25,26)23-8-6-19(12-23)10-16(19)18(24)22-14-3-2-7-21-11-14/h2-5,7,9,11,16H,6,8,10,12H2,1H3,(H,22,24)/t16-,19-/m1/s1. The number of carbonyl (C=O) groups is 1. The topological polar surface area (TPSA) is 79.4 Å². The summed E-state index contributed by atoms with van der Waals surface area (Å²) in [5, 5.41) is 2.83. The summed E-state index contributed by atoms with van der Waals surface area (Å²) in [6.07, 6.45) is 4.49. The highest BCUT2D eigenvalue weighted by Crippen LogP contribution is 2.59. The molecule has 1 N–H and O–H groups in total. The molecule has 1 spiro atoms. The minimum absolute atomic E-state index is 0.0420. The molecule has 27 heavy (non-hydrogen) atoms. The van der Waals surface area contributed by atoms with Crippen LogP contribution in [0.1, 0.15) is 18.4 Å². The molecular formula is C19H20FN3O3S. The van der Waals surface area contributed by atoms with Crippen molar-refractivity contribution in [1.82, 2.24) is 9.29 Å². The summed E-state index contributed by atoms with van der Waals surface area (Å²) in [7, 11) is -3.77. The number of hydrogen-bond acceptors (Lipinski definition) is 4. The average molecular weight is 389 g/mol. The maximum absolute atomic E-state index is 13.8. The van der Waals surface area contributed by atoms with Crippen molar-refractivity contribution < 1.29 is 17.6 Å². The Morgan fingerprint density at radius 1 is 1.37 bits per heavy atom. The van der Waals surface area contributed by atoms with Crippen LogP contribution in [0.25, 0.3) is 0 Å². The average Bonchev–Trinajstić information content (AvgIpc) is 3.17.